The molecular weight excluding hydrogens is 475 g/mol. The van der Waals surface area contributed by atoms with E-state index in [0.717, 1.165) is 41.8 Å². The molecule has 2 aromatic carbocycles. The number of aromatic nitrogens is 1. The van der Waals surface area contributed by atoms with E-state index in [0.29, 0.717) is 11.6 Å². The molecular formula is C19H16BrClF2NO3P. The van der Waals surface area contributed by atoms with Crippen LogP contribution in [0.4, 0.5) is 8.78 Å². The van der Waals surface area contributed by atoms with E-state index in [1.165, 1.54) is 23.4 Å². The number of fused-ring (bicyclic) bond motifs is 3. The zero-order chi connectivity index (χ0) is 20.3. The van der Waals surface area contributed by atoms with Crippen LogP contribution in [-0.2, 0) is 29.6 Å². The molecule has 28 heavy (non-hydrogen) atoms. The minimum atomic E-state index is -5.62. The van der Waals surface area contributed by atoms with Gasteiger partial charge in [-0.25, -0.2) is 0 Å². The van der Waals surface area contributed by atoms with Gasteiger partial charge in [0.05, 0.1) is 0 Å². The van der Waals surface area contributed by atoms with Crippen molar-refractivity contribution in [2.45, 2.75) is 31.5 Å². The Bertz CT molecular complexity index is 1140. The van der Waals surface area contributed by atoms with Gasteiger partial charge < -0.3 is 14.4 Å². The van der Waals surface area contributed by atoms with E-state index >= 15 is 0 Å². The number of rotatable bonds is 4. The fourth-order valence-electron chi connectivity index (χ4n) is 3.87. The molecule has 148 valence electrons. The van der Waals surface area contributed by atoms with Crippen molar-refractivity contribution in [3.63, 3.8) is 0 Å². The monoisotopic (exact) mass is 489 g/mol. The van der Waals surface area contributed by atoms with Gasteiger partial charge in [0.15, 0.2) is 0 Å². The van der Waals surface area contributed by atoms with Gasteiger partial charge in [-0.1, -0.05) is 39.7 Å². The first-order valence-electron chi connectivity index (χ1n) is 8.61. The van der Waals surface area contributed by atoms with Crippen molar-refractivity contribution in [1.29, 1.82) is 0 Å². The Morgan fingerprint density at radius 3 is 2.61 bits per heavy atom. The van der Waals surface area contributed by atoms with Crippen LogP contribution in [0.25, 0.3) is 10.9 Å². The zero-order valence-electron chi connectivity index (χ0n) is 14.5. The molecule has 1 aliphatic rings. The molecule has 0 spiro atoms. The quantitative estimate of drug-likeness (QED) is 0.453. The molecule has 0 amide bonds. The molecule has 0 unspecified atom stereocenters. The molecule has 0 radical (unpaired) electrons. The molecule has 0 aliphatic heterocycles. The van der Waals surface area contributed by atoms with E-state index in [2.05, 4.69) is 20.5 Å². The Labute approximate surface area is 173 Å². The van der Waals surface area contributed by atoms with E-state index in [9.17, 15) is 13.3 Å². The second-order valence-corrected chi connectivity index (χ2v) is 9.87. The first kappa shape index (κ1) is 20.0. The second kappa shape index (κ2) is 6.92. The molecule has 0 fully saturated rings. The highest BCUT2D eigenvalue weighted by Gasteiger charge is 2.51. The van der Waals surface area contributed by atoms with Gasteiger partial charge in [0.2, 0.25) is 0 Å². The Balaban J connectivity index is 1.75. The molecule has 1 aromatic heterocycles. The molecule has 9 heteroatoms. The molecule has 0 saturated heterocycles. The number of nitrogens with zero attached hydrogens (tertiary/aromatic N) is 1. The molecule has 1 aliphatic carbocycles. The lowest BCUT2D eigenvalue weighted by atomic mass is 10.1. The number of halogens is 4. The molecule has 0 bridgehead atoms. The van der Waals surface area contributed by atoms with Crippen molar-refractivity contribution in [3.05, 3.63) is 68.3 Å². The molecule has 4 nitrogen and oxygen atoms in total. The van der Waals surface area contributed by atoms with Crippen LogP contribution in [0, 0.1) is 0 Å². The minimum Gasteiger partial charge on any atom is -0.340 e. The van der Waals surface area contributed by atoms with Gasteiger partial charge >= 0.3 is 13.3 Å². The Morgan fingerprint density at radius 2 is 1.93 bits per heavy atom. The lowest BCUT2D eigenvalue weighted by Crippen LogP contribution is -2.15. The summed E-state index contributed by atoms with van der Waals surface area (Å²) in [5.74, 6) is 0. The number of hydrogen-bond donors (Lipinski definition) is 2. The maximum absolute atomic E-state index is 14.0. The standard InChI is InChI=1S/C19H16BrClF2NO3P/c20-16-8-11(4-6-15(16)19(22,23)28(25,26)27)10-24-17-3-1-2-13(17)14-9-12(21)5-7-18(14)24/h4-9H,1-3,10H2,(H2,25,26,27). The third-order valence-corrected chi connectivity index (χ3v) is 7.02. The summed E-state index contributed by atoms with van der Waals surface area (Å²) in [6.07, 6.45) is 2.98. The van der Waals surface area contributed by atoms with Crippen LogP contribution in [-0.4, -0.2) is 14.4 Å². The SMILES string of the molecule is O=P(O)(O)C(F)(F)c1ccc(Cn2c3c(c4cc(Cl)ccc42)CCC3)cc1Br. The van der Waals surface area contributed by atoms with Crippen molar-refractivity contribution < 1.29 is 23.1 Å². The topological polar surface area (TPSA) is 62.5 Å². The van der Waals surface area contributed by atoms with Gasteiger partial charge in [-0.3, -0.25) is 4.57 Å². The lowest BCUT2D eigenvalue weighted by Gasteiger charge is -2.20. The highest BCUT2D eigenvalue weighted by atomic mass is 79.9. The molecule has 1 heterocycles. The fraction of sp³-hybridized carbons (Fsp3) is 0.263. The number of alkyl halides is 2. The average molecular weight is 491 g/mol. The van der Waals surface area contributed by atoms with E-state index in [4.69, 9.17) is 21.4 Å². The molecule has 0 saturated carbocycles. The summed E-state index contributed by atoms with van der Waals surface area (Å²) in [5, 5.41) is 1.79. The first-order chi connectivity index (χ1) is 13.1. The number of hydrogen-bond acceptors (Lipinski definition) is 1. The van der Waals surface area contributed by atoms with Crippen molar-refractivity contribution >= 4 is 46.0 Å². The summed E-state index contributed by atoms with van der Waals surface area (Å²) in [5.41, 5.74) is -0.686. The highest BCUT2D eigenvalue weighted by molar-refractivity contribution is 9.10. The molecule has 3 aromatic rings. The zero-order valence-corrected chi connectivity index (χ0v) is 17.7. The van der Waals surface area contributed by atoms with Crippen LogP contribution >= 0.6 is 35.1 Å². The van der Waals surface area contributed by atoms with Crippen molar-refractivity contribution in [2.24, 2.45) is 0 Å². The van der Waals surface area contributed by atoms with Crippen molar-refractivity contribution in [3.8, 4) is 0 Å². The van der Waals surface area contributed by atoms with Gasteiger partial charge in [-0.15, -0.1) is 0 Å². The van der Waals surface area contributed by atoms with Crippen LogP contribution < -0.4 is 0 Å². The smallest absolute Gasteiger partial charge is 0.340 e. The summed E-state index contributed by atoms with van der Waals surface area (Å²) in [4.78, 5) is 17.9. The summed E-state index contributed by atoms with van der Waals surface area (Å²) < 4.78 is 41.4. The van der Waals surface area contributed by atoms with Gasteiger partial charge in [0.25, 0.3) is 0 Å². The van der Waals surface area contributed by atoms with Crippen LogP contribution in [0.1, 0.15) is 28.8 Å². The van der Waals surface area contributed by atoms with Gasteiger partial charge in [0.1, 0.15) is 0 Å². The minimum absolute atomic E-state index is 0.0329. The maximum atomic E-state index is 14.0. The van der Waals surface area contributed by atoms with Crippen LogP contribution in [0.5, 0.6) is 0 Å². The lowest BCUT2D eigenvalue weighted by molar-refractivity contribution is 0.0557. The summed E-state index contributed by atoms with van der Waals surface area (Å²) in [7, 11) is -5.62. The number of aryl methyl sites for hydroxylation is 1. The fourth-order valence-corrected chi connectivity index (χ4v) is 5.38. The van der Waals surface area contributed by atoms with Crippen molar-refractivity contribution in [2.75, 3.05) is 0 Å². The third-order valence-electron chi connectivity index (χ3n) is 5.15. The Morgan fingerprint density at radius 1 is 1.18 bits per heavy atom. The van der Waals surface area contributed by atoms with E-state index in [-0.39, 0.29) is 4.47 Å². The predicted octanol–water partition coefficient (Wildman–Crippen LogP) is 5.82. The summed E-state index contributed by atoms with van der Waals surface area (Å²) in [6, 6.07) is 9.78. The molecule has 0 atom stereocenters. The second-order valence-electron chi connectivity index (χ2n) is 6.93. The van der Waals surface area contributed by atoms with E-state index < -0.39 is 18.8 Å². The van der Waals surface area contributed by atoms with Gasteiger partial charge in [-0.2, -0.15) is 8.78 Å². The van der Waals surface area contributed by atoms with E-state index in [1.54, 1.807) is 0 Å². The van der Waals surface area contributed by atoms with Gasteiger partial charge in [0, 0.05) is 38.2 Å². The Hall–Kier alpha value is -1.24. The predicted molar refractivity (Wildman–Crippen MR) is 108 cm³/mol. The normalized spacial score (nSPS) is 14.6. The van der Waals surface area contributed by atoms with Crippen molar-refractivity contribution in [1.82, 2.24) is 4.57 Å². The Kier molecular flexibility index (Phi) is 4.96. The van der Waals surface area contributed by atoms with Crippen LogP contribution in [0.3, 0.4) is 0 Å². The van der Waals surface area contributed by atoms with Crippen LogP contribution in [0.2, 0.25) is 5.02 Å². The summed E-state index contributed by atoms with van der Waals surface area (Å²) >= 11 is 9.21. The van der Waals surface area contributed by atoms with Crippen LogP contribution in [0.15, 0.2) is 40.9 Å². The largest absolute Gasteiger partial charge is 0.399 e. The molecule has 4 rings (SSSR count). The maximum Gasteiger partial charge on any atom is 0.399 e. The number of benzene rings is 2. The molecule has 2 N–H and O–H groups in total. The highest BCUT2D eigenvalue weighted by Crippen LogP contribution is 2.60. The first-order valence-corrected chi connectivity index (χ1v) is 11.4. The van der Waals surface area contributed by atoms with Gasteiger partial charge in [-0.05, 0) is 54.7 Å². The van der Waals surface area contributed by atoms with E-state index in [1.807, 2.05) is 18.2 Å². The average Bonchev–Trinajstić information content (AvgIpc) is 3.17. The summed E-state index contributed by atoms with van der Waals surface area (Å²) in [6.45, 7) is 0.466. The third kappa shape index (κ3) is 3.23.